The van der Waals surface area contributed by atoms with Crippen LogP contribution in [0.15, 0.2) is 54.8 Å². The van der Waals surface area contributed by atoms with E-state index in [0.717, 1.165) is 0 Å². The summed E-state index contributed by atoms with van der Waals surface area (Å²) in [4.78, 5) is 0. The highest BCUT2D eigenvalue weighted by Gasteiger charge is 2.07. The average molecular weight is 243 g/mol. The van der Waals surface area contributed by atoms with E-state index in [1.54, 1.807) is 0 Å². The van der Waals surface area contributed by atoms with E-state index >= 15 is 0 Å². The van der Waals surface area contributed by atoms with E-state index in [1.165, 1.54) is 32.5 Å². The predicted molar refractivity (Wildman–Crippen MR) is 83.1 cm³/mol. The van der Waals surface area contributed by atoms with Crippen LogP contribution in [-0.4, -0.2) is 0 Å². The number of fused-ring (bicyclic) bond motifs is 5. The minimum Gasteiger partial charge on any atom is -0.361 e. The standard InChI is InChI=1S/C18H13N/c1-2-5-13-8-11-17-16(15(13)7-3-1)10-9-14-6-4-12-19-18(14)17/h1-12,19H. The zero-order valence-corrected chi connectivity index (χ0v) is 10.4. The van der Waals surface area contributed by atoms with Crippen molar-refractivity contribution >= 4 is 34.7 Å². The highest BCUT2D eigenvalue weighted by Crippen LogP contribution is 2.23. The molecule has 0 amide bonds. The normalized spacial score (nSPS) is 14.9. The molecule has 2 aromatic rings. The first-order chi connectivity index (χ1) is 9.43. The van der Waals surface area contributed by atoms with Crippen molar-refractivity contribution < 1.29 is 0 Å². The van der Waals surface area contributed by atoms with Crippen LogP contribution >= 0.6 is 0 Å². The molecular weight excluding hydrogens is 230 g/mol. The lowest BCUT2D eigenvalue weighted by Gasteiger charge is -2.12. The quantitative estimate of drug-likeness (QED) is 0.750. The molecule has 0 unspecified atom stereocenters. The molecule has 0 radical (unpaired) electrons. The summed E-state index contributed by atoms with van der Waals surface area (Å²) < 4.78 is 0. The summed E-state index contributed by atoms with van der Waals surface area (Å²) >= 11 is 0. The molecule has 1 heteroatoms. The lowest BCUT2D eigenvalue weighted by atomic mass is 9.98. The van der Waals surface area contributed by atoms with Crippen LogP contribution in [0.2, 0.25) is 0 Å². The first-order valence-electron chi connectivity index (χ1n) is 6.48. The maximum Gasteiger partial charge on any atom is 0.0533 e. The highest BCUT2D eigenvalue weighted by molar-refractivity contribution is 6.00. The fourth-order valence-electron chi connectivity index (χ4n) is 2.75. The second-order valence-corrected chi connectivity index (χ2v) is 4.77. The summed E-state index contributed by atoms with van der Waals surface area (Å²) in [5.41, 5.74) is 2.50. The number of anilines is 1. The van der Waals surface area contributed by atoms with E-state index in [0.29, 0.717) is 0 Å². The Morgan fingerprint density at radius 2 is 1.53 bits per heavy atom. The summed E-state index contributed by atoms with van der Waals surface area (Å²) in [6.07, 6.45) is 16.8. The van der Waals surface area contributed by atoms with Crippen LogP contribution in [0, 0.1) is 0 Å². The van der Waals surface area contributed by atoms with Gasteiger partial charge in [0.1, 0.15) is 0 Å². The molecule has 0 atom stereocenters. The van der Waals surface area contributed by atoms with Crippen LogP contribution in [0.1, 0.15) is 5.56 Å². The Labute approximate surface area is 111 Å². The van der Waals surface area contributed by atoms with Crippen molar-refractivity contribution in [3.05, 3.63) is 70.8 Å². The first-order valence-corrected chi connectivity index (χ1v) is 6.48. The van der Waals surface area contributed by atoms with Gasteiger partial charge in [0.25, 0.3) is 0 Å². The Morgan fingerprint density at radius 1 is 0.684 bits per heavy atom. The van der Waals surface area contributed by atoms with Crippen LogP contribution in [0.25, 0.3) is 29.0 Å². The number of allylic oxidation sites excluding steroid dienone is 4. The lowest BCUT2D eigenvalue weighted by Crippen LogP contribution is -2.13. The third-order valence-corrected chi connectivity index (χ3v) is 3.67. The molecule has 0 spiro atoms. The molecule has 90 valence electrons. The summed E-state index contributed by atoms with van der Waals surface area (Å²) in [5.74, 6) is 0. The molecule has 1 aliphatic heterocycles. The minimum atomic E-state index is 1.20. The number of nitrogens with one attached hydrogen (secondary N) is 1. The Bertz CT molecular complexity index is 880. The maximum atomic E-state index is 3.37. The molecule has 2 aromatic carbocycles. The number of rotatable bonds is 0. The molecule has 1 nitrogen and oxygen atoms in total. The maximum absolute atomic E-state index is 3.37. The second-order valence-electron chi connectivity index (χ2n) is 4.77. The van der Waals surface area contributed by atoms with E-state index in [4.69, 9.17) is 0 Å². The number of benzene rings is 2. The molecule has 1 N–H and O–H groups in total. The molecule has 0 fully saturated rings. The third-order valence-electron chi connectivity index (χ3n) is 3.67. The van der Waals surface area contributed by atoms with Crippen molar-refractivity contribution in [3.8, 4) is 0 Å². The van der Waals surface area contributed by atoms with E-state index in [-0.39, 0.29) is 0 Å². The molecule has 0 saturated carbocycles. The van der Waals surface area contributed by atoms with Crippen molar-refractivity contribution in [1.82, 2.24) is 0 Å². The van der Waals surface area contributed by atoms with E-state index in [9.17, 15) is 0 Å². The van der Waals surface area contributed by atoms with Gasteiger partial charge in [-0.15, -0.1) is 0 Å². The zero-order chi connectivity index (χ0) is 12.7. The van der Waals surface area contributed by atoms with Crippen LogP contribution in [-0.2, 0) is 0 Å². The van der Waals surface area contributed by atoms with Gasteiger partial charge < -0.3 is 5.32 Å². The Kier molecular flexibility index (Phi) is 2.18. The van der Waals surface area contributed by atoms with Crippen molar-refractivity contribution in [3.63, 3.8) is 0 Å². The van der Waals surface area contributed by atoms with Crippen molar-refractivity contribution in [2.45, 2.75) is 0 Å². The van der Waals surface area contributed by atoms with Gasteiger partial charge in [-0.2, -0.15) is 0 Å². The van der Waals surface area contributed by atoms with Crippen molar-refractivity contribution in [2.24, 2.45) is 0 Å². The molecule has 0 aromatic heterocycles. The molecule has 1 aliphatic carbocycles. The number of hydrogen-bond donors (Lipinski definition) is 1. The summed E-state index contributed by atoms with van der Waals surface area (Å²) in [5, 5.41) is 8.45. The zero-order valence-electron chi connectivity index (χ0n) is 10.4. The van der Waals surface area contributed by atoms with Gasteiger partial charge in [0.05, 0.1) is 5.69 Å². The van der Waals surface area contributed by atoms with Gasteiger partial charge >= 0.3 is 0 Å². The van der Waals surface area contributed by atoms with Crippen LogP contribution in [0.5, 0.6) is 0 Å². The fraction of sp³-hybridized carbons (Fsp3) is 0. The van der Waals surface area contributed by atoms with Crippen molar-refractivity contribution in [1.29, 1.82) is 0 Å². The number of hydrogen-bond acceptors (Lipinski definition) is 1. The fourth-order valence-corrected chi connectivity index (χ4v) is 2.75. The molecule has 4 rings (SSSR count). The lowest BCUT2D eigenvalue weighted by molar-refractivity contribution is 1.52. The Hall–Kier alpha value is -2.54. The molecule has 0 saturated heterocycles. The van der Waals surface area contributed by atoms with Gasteiger partial charge in [0.15, 0.2) is 0 Å². The van der Waals surface area contributed by atoms with E-state index in [2.05, 4.69) is 66.0 Å². The second kappa shape index (κ2) is 3.99. The minimum absolute atomic E-state index is 1.20. The van der Waals surface area contributed by atoms with Crippen LogP contribution in [0.3, 0.4) is 0 Å². The SMILES string of the molecule is C1=CC=c2ccc3c4c(ccc3c2C=C1)=CC=CN4. The largest absolute Gasteiger partial charge is 0.361 e. The highest BCUT2D eigenvalue weighted by atomic mass is 14.8. The molecule has 19 heavy (non-hydrogen) atoms. The molecule has 2 aliphatic rings. The van der Waals surface area contributed by atoms with Gasteiger partial charge in [-0.1, -0.05) is 60.7 Å². The van der Waals surface area contributed by atoms with Gasteiger partial charge in [-0.3, -0.25) is 0 Å². The van der Waals surface area contributed by atoms with Gasteiger partial charge in [0, 0.05) is 11.6 Å². The average Bonchev–Trinajstić information content (AvgIpc) is 2.72. The van der Waals surface area contributed by atoms with Crippen molar-refractivity contribution in [2.75, 3.05) is 5.32 Å². The summed E-state index contributed by atoms with van der Waals surface area (Å²) in [7, 11) is 0. The van der Waals surface area contributed by atoms with Gasteiger partial charge in [-0.05, 0) is 27.5 Å². The summed E-state index contributed by atoms with van der Waals surface area (Å²) in [6, 6.07) is 8.79. The molecule has 1 heterocycles. The van der Waals surface area contributed by atoms with Gasteiger partial charge in [0.2, 0.25) is 0 Å². The third kappa shape index (κ3) is 1.55. The first kappa shape index (κ1) is 10.4. The smallest absolute Gasteiger partial charge is 0.0533 e. The Balaban J connectivity index is 2.17. The van der Waals surface area contributed by atoms with Gasteiger partial charge in [-0.25, -0.2) is 0 Å². The monoisotopic (exact) mass is 243 g/mol. The van der Waals surface area contributed by atoms with Crippen LogP contribution in [0.4, 0.5) is 5.69 Å². The molecule has 0 bridgehead atoms. The molecular formula is C18H13N. The predicted octanol–water partition coefficient (Wildman–Crippen LogP) is 2.92. The van der Waals surface area contributed by atoms with Crippen LogP contribution < -0.4 is 15.8 Å². The summed E-state index contributed by atoms with van der Waals surface area (Å²) in [6.45, 7) is 0. The Morgan fingerprint density at radius 3 is 2.53 bits per heavy atom. The topological polar surface area (TPSA) is 12.0 Å². The van der Waals surface area contributed by atoms with E-state index in [1.807, 2.05) is 12.3 Å². The van der Waals surface area contributed by atoms with E-state index < -0.39 is 0 Å².